The Morgan fingerprint density at radius 3 is 2.60 bits per heavy atom. The summed E-state index contributed by atoms with van der Waals surface area (Å²) < 4.78 is 38.1. The van der Waals surface area contributed by atoms with Gasteiger partial charge in [0.05, 0.1) is 5.56 Å². The summed E-state index contributed by atoms with van der Waals surface area (Å²) in [7, 11) is 0. The van der Waals surface area contributed by atoms with Gasteiger partial charge in [-0.05, 0) is 31.5 Å². The van der Waals surface area contributed by atoms with E-state index in [9.17, 15) is 18.0 Å². The third-order valence-corrected chi connectivity index (χ3v) is 2.99. The molecule has 1 aromatic rings. The summed E-state index contributed by atoms with van der Waals surface area (Å²) in [5.41, 5.74) is 3.90. The van der Waals surface area contributed by atoms with Gasteiger partial charge in [0.25, 0.3) is 5.91 Å². The van der Waals surface area contributed by atoms with Crippen LogP contribution in [0.15, 0.2) is 18.2 Å². The van der Waals surface area contributed by atoms with Crippen LogP contribution in [0.25, 0.3) is 0 Å². The molecular weight excluding hydrogens is 269 g/mol. The topological polar surface area (TPSA) is 55.1 Å². The van der Waals surface area contributed by atoms with Crippen molar-refractivity contribution in [2.45, 2.75) is 45.3 Å². The normalized spacial score (nSPS) is 13.1. The average molecular weight is 288 g/mol. The summed E-state index contributed by atoms with van der Waals surface area (Å²) in [6.45, 7) is 3.86. The van der Waals surface area contributed by atoms with E-state index in [2.05, 4.69) is 5.32 Å². The van der Waals surface area contributed by atoms with Crippen LogP contribution in [0.4, 0.5) is 18.9 Å². The predicted octanol–water partition coefficient (Wildman–Crippen LogP) is 3.60. The van der Waals surface area contributed by atoms with Crippen LogP contribution in [0.1, 0.15) is 49.0 Å². The lowest BCUT2D eigenvalue weighted by Crippen LogP contribution is -2.32. The number of alkyl halides is 3. The molecule has 3 nitrogen and oxygen atoms in total. The molecule has 1 amide bonds. The van der Waals surface area contributed by atoms with E-state index in [1.165, 1.54) is 6.07 Å². The number of nitrogen functional groups attached to an aromatic ring is 1. The minimum atomic E-state index is -4.56. The molecule has 1 aromatic carbocycles. The van der Waals surface area contributed by atoms with Crippen LogP contribution in [-0.2, 0) is 6.18 Å². The molecule has 3 N–H and O–H groups in total. The summed E-state index contributed by atoms with van der Waals surface area (Å²) in [5.74, 6) is -0.515. The second-order valence-corrected chi connectivity index (χ2v) is 4.82. The van der Waals surface area contributed by atoms with Crippen LogP contribution in [0.5, 0.6) is 0 Å². The SMILES string of the molecule is CCCCC(C)NC(=O)c1ccc(N)c(C(F)(F)F)c1. The molecule has 0 aromatic heterocycles. The minimum Gasteiger partial charge on any atom is -0.398 e. The van der Waals surface area contributed by atoms with Crippen molar-refractivity contribution in [1.82, 2.24) is 5.32 Å². The van der Waals surface area contributed by atoms with E-state index in [-0.39, 0.29) is 17.3 Å². The zero-order valence-corrected chi connectivity index (χ0v) is 11.6. The highest BCUT2D eigenvalue weighted by molar-refractivity contribution is 5.95. The Labute approximate surface area is 116 Å². The highest BCUT2D eigenvalue weighted by Gasteiger charge is 2.33. The van der Waals surface area contributed by atoms with Gasteiger partial charge in [0, 0.05) is 17.3 Å². The van der Waals surface area contributed by atoms with Crippen molar-refractivity contribution in [1.29, 1.82) is 0 Å². The molecule has 0 radical (unpaired) electrons. The van der Waals surface area contributed by atoms with Gasteiger partial charge in [-0.3, -0.25) is 4.79 Å². The quantitative estimate of drug-likeness (QED) is 0.813. The van der Waals surface area contributed by atoms with E-state index in [0.29, 0.717) is 0 Å². The lowest BCUT2D eigenvalue weighted by Gasteiger charge is -2.15. The third-order valence-electron chi connectivity index (χ3n) is 2.99. The summed E-state index contributed by atoms with van der Waals surface area (Å²) in [6, 6.07) is 3.12. The van der Waals surface area contributed by atoms with Gasteiger partial charge in [-0.15, -0.1) is 0 Å². The minimum absolute atomic E-state index is 0.0325. The molecule has 1 unspecified atom stereocenters. The van der Waals surface area contributed by atoms with Crippen LogP contribution < -0.4 is 11.1 Å². The van der Waals surface area contributed by atoms with Crippen molar-refractivity contribution in [3.63, 3.8) is 0 Å². The molecule has 0 bridgehead atoms. The Kier molecular flexibility index (Phi) is 5.42. The fourth-order valence-corrected chi connectivity index (χ4v) is 1.83. The number of unbranched alkanes of at least 4 members (excludes halogenated alkanes) is 1. The number of benzene rings is 1. The van der Waals surface area contributed by atoms with Gasteiger partial charge in [-0.2, -0.15) is 13.2 Å². The van der Waals surface area contributed by atoms with Gasteiger partial charge in [0.1, 0.15) is 0 Å². The Morgan fingerprint density at radius 1 is 1.40 bits per heavy atom. The van der Waals surface area contributed by atoms with E-state index in [0.717, 1.165) is 31.4 Å². The van der Waals surface area contributed by atoms with Crippen molar-refractivity contribution in [3.05, 3.63) is 29.3 Å². The molecule has 0 spiro atoms. The Balaban J connectivity index is 2.84. The van der Waals surface area contributed by atoms with Gasteiger partial charge >= 0.3 is 6.18 Å². The van der Waals surface area contributed by atoms with Crippen LogP contribution in [-0.4, -0.2) is 11.9 Å². The molecule has 0 saturated carbocycles. The van der Waals surface area contributed by atoms with Crippen molar-refractivity contribution in [2.75, 3.05) is 5.73 Å². The number of rotatable bonds is 5. The maximum absolute atomic E-state index is 12.7. The maximum atomic E-state index is 12.7. The van der Waals surface area contributed by atoms with Crippen LogP contribution >= 0.6 is 0 Å². The lowest BCUT2D eigenvalue weighted by atomic mass is 10.1. The average Bonchev–Trinajstić information content (AvgIpc) is 2.35. The number of amides is 1. The molecule has 20 heavy (non-hydrogen) atoms. The van der Waals surface area contributed by atoms with Crippen LogP contribution in [0.3, 0.4) is 0 Å². The number of anilines is 1. The smallest absolute Gasteiger partial charge is 0.398 e. The van der Waals surface area contributed by atoms with Crippen LogP contribution in [0.2, 0.25) is 0 Å². The Bertz CT molecular complexity index is 472. The summed E-state index contributed by atoms with van der Waals surface area (Å²) in [4.78, 5) is 11.9. The van der Waals surface area contributed by atoms with Crippen molar-refractivity contribution < 1.29 is 18.0 Å². The summed E-state index contributed by atoms with van der Waals surface area (Å²) >= 11 is 0. The zero-order valence-electron chi connectivity index (χ0n) is 11.6. The van der Waals surface area contributed by atoms with Crippen molar-refractivity contribution in [3.8, 4) is 0 Å². The number of carbonyl (C=O) groups is 1. The summed E-state index contributed by atoms with van der Waals surface area (Å²) in [6.07, 6.45) is -1.81. The fraction of sp³-hybridized carbons (Fsp3) is 0.500. The van der Waals surface area contributed by atoms with E-state index >= 15 is 0 Å². The molecule has 0 aliphatic heterocycles. The summed E-state index contributed by atoms with van der Waals surface area (Å²) in [5, 5.41) is 2.68. The number of halogens is 3. The number of nitrogens with one attached hydrogen (secondary N) is 1. The molecule has 1 atom stereocenters. The standard InChI is InChI=1S/C14H19F3N2O/c1-3-4-5-9(2)19-13(20)10-6-7-12(18)11(8-10)14(15,16)17/h6-9H,3-5,18H2,1-2H3,(H,19,20). The molecule has 1 rings (SSSR count). The third kappa shape index (κ3) is 4.43. The number of hydrogen-bond donors (Lipinski definition) is 2. The number of hydrogen-bond acceptors (Lipinski definition) is 2. The monoisotopic (exact) mass is 288 g/mol. The van der Waals surface area contributed by atoms with Gasteiger partial charge in [-0.1, -0.05) is 19.8 Å². The Hall–Kier alpha value is -1.72. The first-order valence-electron chi connectivity index (χ1n) is 6.53. The second-order valence-electron chi connectivity index (χ2n) is 4.82. The van der Waals surface area contributed by atoms with Crippen molar-refractivity contribution >= 4 is 11.6 Å². The first-order valence-corrected chi connectivity index (χ1v) is 6.53. The highest BCUT2D eigenvalue weighted by Crippen LogP contribution is 2.33. The van der Waals surface area contributed by atoms with Gasteiger partial charge in [-0.25, -0.2) is 0 Å². The molecular formula is C14H19F3N2O. The van der Waals surface area contributed by atoms with E-state index in [1.54, 1.807) is 0 Å². The van der Waals surface area contributed by atoms with Crippen molar-refractivity contribution in [2.24, 2.45) is 0 Å². The van der Waals surface area contributed by atoms with Gasteiger partial charge < -0.3 is 11.1 Å². The zero-order chi connectivity index (χ0) is 15.3. The van der Waals surface area contributed by atoms with Crippen LogP contribution in [0, 0.1) is 0 Å². The van der Waals surface area contributed by atoms with Gasteiger partial charge in [0.2, 0.25) is 0 Å². The first-order chi connectivity index (χ1) is 9.25. The second kappa shape index (κ2) is 6.63. The highest BCUT2D eigenvalue weighted by atomic mass is 19.4. The Morgan fingerprint density at radius 2 is 2.05 bits per heavy atom. The molecule has 0 heterocycles. The maximum Gasteiger partial charge on any atom is 0.418 e. The molecule has 0 saturated heterocycles. The molecule has 112 valence electrons. The first kappa shape index (κ1) is 16.3. The largest absolute Gasteiger partial charge is 0.418 e. The molecule has 6 heteroatoms. The van der Waals surface area contributed by atoms with E-state index in [1.807, 2.05) is 13.8 Å². The predicted molar refractivity (Wildman–Crippen MR) is 72.3 cm³/mol. The number of nitrogens with two attached hydrogens (primary N) is 1. The van der Waals surface area contributed by atoms with E-state index < -0.39 is 17.6 Å². The number of carbonyl (C=O) groups excluding carboxylic acids is 1. The van der Waals surface area contributed by atoms with Gasteiger partial charge in [0.15, 0.2) is 0 Å². The molecule has 0 fully saturated rings. The lowest BCUT2D eigenvalue weighted by molar-refractivity contribution is -0.136. The fourth-order valence-electron chi connectivity index (χ4n) is 1.83. The van der Waals surface area contributed by atoms with E-state index in [4.69, 9.17) is 5.73 Å². The molecule has 0 aliphatic rings. The molecule has 0 aliphatic carbocycles.